The number of benzene rings is 4. The first-order valence-electron chi connectivity index (χ1n) is 12.3. The number of carbonyl (C=O) groups excluding carboxylic acids is 2. The molecule has 1 unspecified atom stereocenters. The molecular formula is C32H26N2O3. The second-order valence-electron chi connectivity index (χ2n) is 9.75. The maximum Gasteiger partial charge on any atom is 0.300 e. The molecule has 4 aromatic carbocycles. The third-order valence-corrected chi connectivity index (χ3v) is 7.19. The molecule has 37 heavy (non-hydrogen) atoms. The third-order valence-electron chi connectivity index (χ3n) is 7.19. The highest BCUT2D eigenvalue weighted by Gasteiger charge is 2.48. The number of amides is 1. The summed E-state index contributed by atoms with van der Waals surface area (Å²) in [5, 5.41) is 14.4. The van der Waals surface area contributed by atoms with Crippen LogP contribution in [0.15, 0.2) is 90.5 Å². The van der Waals surface area contributed by atoms with Crippen LogP contribution in [-0.2, 0) is 9.59 Å². The van der Waals surface area contributed by atoms with Crippen molar-refractivity contribution < 1.29 is 14.7 Å². The van der Waals surface area contributed by atoms with Crippen LogP contribution in [0.1, 0.15) is 34.0 Å². The van der Waals surface area contributed by atoms with Crippen LogP contribution >= 0.6 is 0 Å². The Labute approximate surface area is 214 Å². The van der Waals surface area contributed by atoms with Gasteiger partial charge in [0.15, 0.2) is 0 Å². The van der Waals surface area contributed by atoms with Crippen LogP contribution in [0.4, 0.5) is 5.69 Å². The molecule has 1 saturated heterocycles. The Bertz CT molecular complexity index is 1750. The van der Waals surface area contributed by atoms with Crippen molar-refractivity contribution in [3.63, 3.8) is 0 Å². The Morgan fingerprint density at radius 3 is 2.22 bits per heavy atom. The number of aromatic amines is 1. The molecule has 2 N–H and O–H groups in total. The highest BCUT2D eigenvalue weighted by molar-refractivity contribution is 6.52. The highest BCUT2D eigenvalue weighted by Crippen LogP contribution is 2.46. The molecule has 5 nitrogen and oxygen atoms in total. The molecular weight excluding hydrogens is 460 g/mol. The molecule has 0 saturated carbocycles. The fourth-order valence-corrected chi connectivity index (χ4v) is 5.69. The van der Waals surface area contributed by atoms with Gasteiger partial charge in [-0.05, 0) is 60.9 Å². The molecule has 182 valence electrons. The van der Waals surface area contributed by atoms with E-state index in [1.54, 1.807) is 11.0 Å². The molecule has 1 fully saturated rings. The van der Waals surface area contributed by atoms with Crippen molar-refractivity contribution in [3.8, 4) is 0 Å². The monoisotopic (exact) mass is 486 g/mol. The van der Waals surface area contributed by atoms with E-state index < -0.39 is 17.7 Å². The van der Waals surface area contributed by atoms with E-state index in [9.17, 15) is 14.7 Å². The van der Waals surface area contributed by atoms with Gasteiger partial charge in [0.1, 0.15) is 5.76 Å². The lowest BCUT2D eigenvalue weighted by Crippen LogP contribution is -2.29. The van der Waals surface area contributed by atoms with Crippen molar-refractivity contribution in [2.75, 3.05) is 4.90 Å². The molecule has 1 aromatic heterocycles. The molecule has 0 radical (unpaired) electrons. The van der Waals surface area contributed by atoms with Gasteiger partial charge < -0.3 is 10.1 Å². The third kappa shape index (κ3) is 3.54. The summed E-state index contributed by atoms with van der Waals surface area (Å²) >= 11 is 0. The van der Waals surface area contributed by atoms with E-state index >= 15 is 0 Å². The number of rotatable bonds is 3. The molecule has 6 rings (SSSR count). The van der Waals surface area contributed by atoms with E-state index in [1.165, 1.54) is 0 Å². The number of carbonyl (C=O) groups is 2. The summed E-state index contributed by atoms with van der Waals surface area (Å²) < 4.78 is 0. The molecule has 1 amide bonds. The number of para-hydroxylation sites is 1. The molecule has 0 aliphatic carbocycles. The summed E-state index contributed by atoms with van der Waals surface area (Å²) in [5.74, 6) is -1.52. The Balaban J connectivity index is 1.69. The van der Waals surface area contributed by atoms with E-state index in [1.807, 2.05) is 99.6 Å². The number of nitrogens with zero attached hydrogens (tertiary/aromatic N) is 1. The Morgan fingerprint density at radius 1 is 0.811 bits per heavy atom. The van der Waals surface area contributed by atoms with Crippen LogP contribution in [0.3, 0.4) is 0 Å². The maximum absolute atomic E-state index is 13.7. The fraction of sp³-hybridized carbons (Fsp3) is 0.125. The average molecular weight is 487 g/mol. The van der Waals surface area contributed by atoms with Crippen LogP contribution in [0, 0.1) is 20.8 Å². The van der Waals surface area contributed by atoms with Crippen LogP contribution in [-0.4, -0.2) is 21.8 Å². The van der Waals surface area contributed by atoms with Gasteiger partial charge in [-0.25, -0.2) is 0 Å². The number of aromatic nitrogens is 1. The van der Waals surface area contributed by atoms with Gasteiger partial charge in [-0.15, -0.1) is 0 Å². The standard InChI is InChI=1S/C32H26N2O3/c1-18-15-19(2)17-22(16-18)34-29(27-20(3)33-26-14-7-6-12-25(26)27)28(31(36)32(34)37)30(35)24-13-8-10-21-9-4-5-11-23(21)24/h4-17,29,33,35H,1-3H3/b30-28+. The summed E-state index contributed by atoms with van der Waals surface area (Å²) in [6.45, 7) is 5.87. The first kappa shape index (κ1) is 22.8. The zero-order valence-electron chi connectivity index (χ0n) is 20.9. The van der Waals surface area contributed by atoms with Crippen molar-refractivity contribution in [2.24, 2.45) is 0 Å². The topological polar surface area (TPSA) is 73.4 Å². The molecule has 5 aromatic rings. The predicted molar refractivity (Wildman–Crippen MR) is 148 cm³/mol. The first-order chi connectivity index (χ1) is 17.8. The Hall–Kier alpha value is -4.64. The number of ketones is 1. The minimum Gasteiger partial charge on any atom is -0.507 e. The number of Topliss-reactive ketones (excluding diaryl/α,β-unsaturated/α-hetero) is 1. The minimum absolute atomic E-state index is 0.0911. The van der Waals surface area contributed by atoms with Gasteiger partial charge in [0.2, 0.25) is 0 Å². The molecule has 1 aliphatic heterocycles. The first-order valence-corrected chi connectivity index (χ1v) is 12.3. The van der Waals surface area contributed by atoms with Gasteiger partial charge in [0.25, 0.3) is 11.7 Å². The number of fused-ring (bicyclic) bond motifs is 2. The highest BCUT2D eigenvalue weighted by atomic mass is 16.3. The summed E-state index contributed by atoms with van der Waals surface area (Å²) in [5.41, 5.74) is 5.77. The smallest absolute Gasteiger partial charge is 0.300 e. The molecule has 1 atom stereocenters. The van der Waals surface area contributed by atoms with Crippen LogP contribution < -0.4 is 4.90 Å². The normalized spacial score (nSPS) is 17.3. The van der Waals surface area contributed by atoms with Crippen molar-refractivity contribution in [2.45, 2.75) is 26.8 Å². The number of H-pyrrole nitrogens is 1. The zero-order valence-corrected chi connectivity index (χ0v) is 20.9. The van der Waals surface area contributed by atoms with Gasteiger partial charge in [-0.2, -0.15) is 0 Å². The molecule has 5 heteroatoms. The summed E-state index contributed by atoms with van der Waals surface area (Å²) in [4.78, 5) is 32.4. The van der Waals surface area contributed by atoms with Crippen molar-refractivity contribution in [1.29, 1.82) is 0 Å². The second kappa shape index (κ2) is 8.49. The number of hydrogen-bond donors (Lipinski definition) is 2. The quantitative estimate of drug-likeness (QED) is 0.166. The SMILES string of the molecule is Cc1cc(C)cc(N2C(=O)C(=O)/C(=C(/O)c3cccc4ccccc34)C2c2c(C)[nH]c3ccccc23)c1. The van der Waals surface area contributed by atoms with E-state index in [-0.39, 0.29) is 11.3 Å². The second-order valence-corrected chi connectivity index (χ2v) is 9.75. The number of nitrogens with one attached hydrogen (secondary N) is 1. The lowest BCUT2D eigenvalue weighted by atomic mass is 9.91. The fourth-order valence-electron chi connectivity index (χ4n) is 5.69. The van der Waals surface area contributed by atoms with Gasteiger partial charge in [0, 0.05) is 33.4 Å². The predicted octanol–water partition coefficient (Wildman–Crippen LogP) is 6.87. The number of aliphatic hydroxyl groups is 1. The van der Waals surface area contributed by atoms with Crippen molar-refractivity contribution in [1.82, 2.24) is 4.98 Å². The number of hydrogen-bond acceptors (Lipinski definition) is 3. The number of aliphatic hydroxyl groups excluding tert-OH is 1. The molecule has 2 heterocycles. The van der Waals surface area contributed by atoms with E-state index in [2.05, 4.69) is 4.98 Å². The van der Waals surface area contributed by atoms with Gasteiger partial charge in [-0.1, -0.05) is 66.7 Å². The van der Waals surface area contributed by atoms with Gasteiger partial charge >= 0.3 is 0 Å². The lowest BCUT2D eigenvalue weighted by Gasteiger charge is -2.26. The van der Waals surface area contributed by atoms with Crippen molar-refractivity contribution in [3.05, 3.63) is 118 Å². The summed E-state index contributed by atoms with van der Waals surface area (Å²) in [6.07, 6.45) is 0. The van der Waals surface area contributed by atoms with Crippen molar-refractivity contribution >= 4 is 44.8 Å². The van der Waals surface area contributed by atoms with Gasteiger partial charge in [-0.3, -0.25) is 14.5 Å². The van der Waals surface area contributed by atoms with E-state index in [4.69, 9.17) is 0 Å². The van der Waals surface area contributed by atoms with Crippen LogP contribution in [0.25, 0.3) is 27.4 Å². The Morgan fingerprint density at radius 2 is 1.46 bits per heavy atom. The van der Waals surface area contributed by atoms with E-state index in [0.717, 1.165) is 44.1 Å². The molecule has 1 aliphatic rings. The Kier molecular flexibility index (Phi) is 5.23. The lowest BCUT2D eigenvalue weighted by molar-refractivity contribution is -0.132. The maximum atomic E-state index is 13.7. The van der Waals surface area contributed by atoms with Gasteiger partial charge in [0.05, 0.1) is 11.6 Å². The minimum atomic E-state index is -0.795. The summed E-state index contributed by atoms with van der Waals surface area (Å²) in [7, 11) is 0. The van der Waals surface area contributed by atoms with Crippen LogP contribution in [0.2, 0.25) is 0 Å². The zero-order chi connectivity index (χ0) is 25.8. The number of aryl methyl sites for hydroxylation is 3. The largest absolute Gasteiger partial charge is 0.507 e. The summed E-state index contributed by atoms with van der Waals surface area (Å²) in [6, 6.07) is 26.2. The van der Waals surface area contributed by atoms with E-state index in [0.29, 0.717) is 11.3 Å². The average Bonchev–Trinajstić information content (AvgIpc) is 3.34. The molecule has 0 spiro atoms. The van der Waals surface area contributed by atoms with Crippen LogP contribution in [0.5, 0.6) is 0 Å². The molecule has 0 bridgehead atoms. The number of anilines is 1.